The van der Waals surface area contributed by atoms with Crippen molar-refractivity contribution in [2.45, 2.75) is 64.3 Å². The van der Waals surface area contributed by atoms with E-state index in [0.29, 0.717) is 11.5 Å². The highest BCUT2D eigenvalue weighted by Gasteiger charge is 2.20. The summed E-state index contributed by atoms with van der Waals surface area (Å²) < 4.78 is 27.6. The second kappa shape index (κ2) is 13.1. The summed E-state index contributed by atoms with van der Waals surface area (Å²) in [6.07, 6.45) is 14.3. The van der Waals surface area contributed by atoms with Crippen LogP contribution in [0.1, 0.15) is 74.0 Å². The molecular formula is C28H35F2N7O. The summed E-state index contributed by atoms with van der Waals surface area (Å²) in [6.45, 7) is 5.24. The molecule has 0 spiro atoms. The molecule has 0 bridgehead atoms. The van der Waals surface area contributed by atoms with Crippen molar-refractivity contribution in [3.8, 4) is 0 Å². The summed E-state index contributed by atoms with van der Waals surface area (Å²) in [6, 6.07) is 8.32. The fraction of sp³-hybridized carbons (Fsp3) is 0.429. The SMILES string of the molecule is CCn1ncnc1C1CCCCC1.Fc1ccc(F)cc1.NC(=O)c1cnn2ccc(N3CCCC3)cc12. The van der Waals surface area contributed by atoms with Gasteiger partial charge in [0.1, 0.15) is 23.8 Å². The van der Waals surface area contributed by atoms with E-state index in [1.807, 2.05) is 23.0 Å². The second-order valence-corrected chi connectivity index (χ2v) is 9.54. The molecule has 8 nitrogen and oxygen atoms in total. The van der Waals surface area contributed by atoms with Gasteiger partial charge in [0.15, 0.2) is 0 Å². The average molecular weight is 524 g/mol. The zero-order valence-corrected chi connectivity index (χ0v) is 21.8. The van der Waals surface area contributed by atoms with Crippen LogP contribution in [0.5, 0.6) is 0 Å². The molecule has 6 rings (SSSR count). The van der Waals surface area contributed by atoms with E-state index in [1.165, 1.54) is 57.0 Å². The standard InChI is InChI=1S/C12H14N4O.C10H17N3.C6H4F2/c13-12(17)10-8-14-16-6-3-9(7-11(10)16)15-4-1-2-5-15;1-2-13-10(11-8-12-13)9-6-4-3-5-7-9;7-5-1-2-6(8)4-3-5/h3,6-8H,1-2,4-5H2,(H2,13,17);8-9H,2-7H2,1H3;1-4H. The van der Waals surface area contributed by atoms with Crippen LogP contribution < -0.4 is 10.6 Å². The molecule has 2 aliphatic rings. The largest absolute Gasteiger partial charge is 0.371 e. The number of halogens is 2. The first-order chi connectivity index (χ1) is 18.5. The van der Waals surface area contributed by atoms with Crippen LogP contribution in [0.3, 0.4) is 0 Å². The van der Waals surface area contributed by atoms with E-state index >= 15 is 0 Å². The number of nitrogens with two attached hydrogens (primary N) is 1. The lowest BCUT2D eigenvalue weighted by atomic mass is 9.89. The normalized spacial score (nSPS) is 15.5. The number of pyridine rings is 1. The number of primary amides is 1. The van der Waals surface area contributed by atoms with Gasteiger partial charge in [0.25, 0.3) is 5.91 Å². The number of hydrogen-bond donors (Lipinski definition) is 1. The van der Waals surface area contributed by atoms with Crippen LogP contribution in [-0.4, -0.2) is 43.4 Å². The smallest absolute Gasteiger partial charge is 0.252 e. The van der Waals surface area contributed by atoms with Gasteiger partial charge in [-0.15, -0.1) is 0 Å². The lowest BCUT2D eigenvalue weighted by Crippen LogP contribution is -2.17. The zero-order valence-electron chi connectivity index (χ0n) is 21.8. The Kier molecular flexibility index (Phi) is 9.40. The number of aryl methyl sites for hydroxylation is 1. The van der Waals surface area contributed by atoms with Gasteiger partial charge in [-0.25, -0.2) is 18.3 Å². The van der Waals surface area contributed by atoms with Crippen molar-refractivity contribution in [3.05, 3.63) is 78.1 Å². The van der Waals surface area contributed by atoms with Gasteiger partial charge in [-0.05, 0) is 69.0 Å². The first-order valence-electron chi connectivity index (χ1n) is 13.3. The van der Waals surface area contributed by atoms with E-state index in [9.17, 15) is 13.6 Å². The van der Waals surface area contributed by atoms with Gasteiger partial charge in [-0.3, -0.25) is 9.48 Å². The van der Waals surface area contributed by atoms with Crippen molar-refractivity contribution in [2.75, 3.05) is 18.0 Å². The van der Waals surface area contributed by atoms with Gasteiger partial charge in [-0.2, -0.15) is 10.2 Å². The molecular weight excluding hydrogens is 488 g/mol. The summed E-state index contributed by atoms with van der Waals surface area (Å²) in [7, 11) is 0. The molecule has 202 valence electrons. The maximum absolute atomic E-state index is 11.9. The topological polar surface area (TPSA) is 94.3 Å². The molecule has 1 aromatic carbocycles. The van der Waals surface area contributed by atoms with Crippen molar-refractivity contribution in [2.24, 2.45) is 5.73 Å². The lowest BCUT2D eigenvalue weighted by molar-refractivity contribution is 0.100. The second-order valence-electron chi connectivity index (χ2n) is 9.54. The van der Waals surface area contributed by atoms with Gasteiger partial charge in [0.2, 0.25) is 0 Å². The number of aromatic nitrogens is 5. The Hall–Kier alpha value is -3.82. The first-order valence-corrected chi connectivity index (χ1v) is 13.3. The summed E-state index contributed by atoms with van der Waals surface area (Å²) >= 11 is 0. The number of hydrogen-bond acceptors (Lipinski definition) is 5. The minimum absolute atomic E-state index is 0.411. The van der Waals surface area contributed by atoms with E-state index in [4.69, 9.17) is 5.73 Å². The highest BCUT2D eigenvalue weighted by atomic mass is 19.1. The molecule has 2 fully saturated rings. The Morgan fingerprint density at radius 1 is 0.974 bits per heavy atom. The molecule has 1 aliphatic carbocycles. The summed E-state index contributed by atoms with van der Waals surface area (Å²) in [5.41, 5.74) is 7.72. The van der Waals surface area contributed by atoms with Gasteiger partial charge >= 0.3 is 0 Å². The van der Waals surface area contributed by atoms with Crippen molar-refractivity contribution < 1.29 is 13.6 Å². The molecule has 4 heterocycles. The third kappa shape index (κ3) is 6.93. The van der Waals surface area contributed by atoms with Crippen LogP contribution in [0.2, 0.25) is 0 Å². The molecule has 3 aromatic heterocycles. The number of benzene rings is 1. The van der Waals surface area contributed by atoms with E-state index < -0.39 is 17.5 Å². The van der Waals surface area contributed by atoms with Crippen molar-refractivity contribution in [1.82, 2.24) is 24.4 Å². The zero-order chi connectivity index (χ0) is 26.9. The number of anilines is 1. The third-order valence-electron chi connectivity index (χ3n) is 6.96. The molecule has 2 N–H and O–H groups in total. The number of amides is 1. The van der Waals surface area contributed by atoms with Crippen LogP contribution in [0, 0.1) is 11.6 Å². The molecule has 0 atom stereocenters. The predicted octanol–water partition coefficient (Wildman–Crippen LogP) is 5.34. The fourth-order valence-corrected chi connectivity index (χ4v) is 4.95. The summed E-state index contributed by atoms with van der Waals surface area (Å²) in [5.74, 6) is 0.634. The summed E-state index contributed by atoms with van der Waals surface area (Å²) in [4.78, 5) is 17.9. The first kappa shape index (κ1) is 27.2. The quantitative estimate of drug-likeness (QED) is 0.390. The third-order valence-corrected chi connectivity index (χ3v) is 6.96. The molecule has 10 heteroatoms. The van der Waals surface area contributed by atoms with Gasteiger partial charge < -0.3 is 10.6 Å². The van der Waals surface area contributed by atoms with Crippen molar-refractivity contribution in [3.63, 3.8) is 0 Å². The predicted molar refractivity (Wildman–Crippen MR) is 143 cm³/mol. The number of nitrogens with zero attached hydrogens (tertiary/aromatic N) is 6. The molecule has 1 amide bonds. The van der Waals surface area contributed by atoms with Gasteiger partial charge in [0.05, 0.1) is 17.3 Å². The van der Waals surface area contributed by atoms with E-state index in [2.05, 4.69) is 27.0 Å². The van der Waals surface area contributed by atoms with Crippen LogP contribution in [0.15, 0.2) is 55.1 Å². The van der Waals surface area contributed by atoms with Crippen molar-refractivity contribution >= 4 is 17.1 Å². The van der Waals surface area contributed by atoms with E-state index in [1.54, 1.807) is 10.8 Å². The van der Waals surface area contributed by atoms with E-state index in [-0.39, 0.29) is 0 Å². The summed E-state index contributed by atoms with van der Waals surface area (Å²) in [5, 5.41) is 8.32. The Labute approximate surface area is 221 Å². The minimum atomic E-state index is -0.432. The van der Waals surface area contributed by atoms with E-state index in [0.717, 1.165) is 55.1 Å². The molecule has 0 radical (unpaired) electrons. The fourth-order valence-electron chi connectivity index (χ4n) is 4.95. The van der Waals surface area contributed by atoms with Crippen LogP contribution in [0.4, 0.5) is 14.5 Å². The maximum Gasteiger partial charge on any atom is 0.252 e. The number of carbonyl (C=O) groups is 1. The lowest BCUT2D eigenvalue weighted by Gasteiger charge is -2.20. The Morgan fingerprint density at radius 2 is 1.63 bits per heavy atom. The average Bonchev–Trinajstić information content (AvgIpc) is 3.72. The Balaban J connectivity index is 0.000000142. The molecule has 1 aliphatic heterocycles. The van der Waals surface area contributed by atoms with Gasteiger partial charge in [0, 0.05) is 37.4 Å². The molecule has 38 heavy (non-hydrogen) atoms. The minimum Gasteiger partial charge on any atom is -0.371 e. The van der Waals surface area contributed by atoms with Crippen molar-refractivity contribution in [1.29, 1.82) is 0 Å². The maximum atomic E-state index is 11.9. The van der Waals surface area contributed by atoms with Gasteiger partial charge in [-0.1, -0.05) is 19.3 Å². The number of carbonyl (C=O) groups excluding carboxylic acids is 1. The Morgan fingerprint density at radius 3 is 2.24 bits per heavy atom. The molecule has 4 aromatic rings. The highest BCUT2D eigenvalue weighted by Crippen LogP contribution is 2.31. The highest BCUT2D eigenvalue weighted by molar-refractivity contribution is 5.99. The van der Waals surface area contributed by atoms with Crippen LogP contribution in [-0.2, 0) is 6.54 Å². The van der Waals surface area contributed by atoms with Crippen LogP contribution >= 0.6 is 0 Å². The monoisotopic (exact) mass is 523 g/mol. The molecule has 1 saturated heterocycles. The number of rotatable bonds is 4. The Bertz CT molecular complexity index is 1290. The molecule has 1 saturated carbocycles. The van der Waals surface area contributed by atoms with Crippen LogP contribution in [0.25, 0.3) is 5.52 Å². The molecule has 0 unspecified atom stereocenters. The number of fused-ring (bicyclic) bond motifs is 1.